The van der Waals surface area contributed by atoms with E-state index in [1.807, 2.05) is 45.0 Å². The van der Waals surface area contributed by atoms with Crippen LogP contribution in [0.5, 0.6) is 0 Å². The summed E-state index contributed by atoms with van der Waals surface area (Å²) in [5.41, 5.74) is 4.17. The zero-order chi connectivity index (χ0) is 25.2. The smallest absolute Gasteiger partial charge is 0.407 e. The second kappa shape index (κ2) is 10.1. The van der Waals surface area contributed by atoms with Gasteiger partial charge in [-0.15, -0.1) is 0 Å². The van der Waals surface area contributed by atoms with Gasteiger partial charge < -0.3 is 20.1 Å². The van der Waals surface area contributed by atoms with Crippen LogP contribution in [0.15, 0.2) is 48.5 Å². The third-order valence-electron chi connectivity index (χ3n) is 7.29. The molecule has 2 aliphatic rings. The van der Waals surface area contributed by atoms with E-state index in [2.05, 4.69) is 29.6 Å². The van der Waals surface area contributed by atoms with Crippen LogP contribution < -0.4 is 5.32 Å². The monoisotopic (exact) mass is 478 g/mol. The first kappa shape index (κ1) is 24.8. The van der Waals surface area contributed by atoms with Gasteiger partial charge in [0.2, 0.25) is 5.91 Å². The van der Waals surface area contributed by atoms with Crippen molar-refractivity contribution < 1.29 is 24.2 Å². The van der Waals surface area contributed by atoms with Gasteiger partial charge in [0.05, 0.1) is 0 Å². The molecule has 2 amide bonds. The third kappa shape index (κ3) is 5.19. The molecule has 35 heavy (non-hydrogen) atoms. The highest BCUT2D eigenvalue weighted by Gasteiger charge is 2.44. The van der Waals surface area contributed by atoms with Crippen molar-refractivity contribution in [1.29, 1.82) is 0 Å². The molecule has 0 bridgehead atoms. The number of alkyl carbamates (subject to hydrolysis) is 1. The van der Waals surface area contributed by atoms with Crippen LogP contribution in [-0.4, -0.2) is 53.7 Å². The molecule has 2 aromatic rings. The van der Waals surface area contributed by atoms with Crippen molar-refractivity contribution in [2.24, 2.45) is 11.3 Å². The van der Waals surface area contributed by atoms with E-state index < -0.39 is 23.5 Å². The number of benzene rings is 2. The lowest BCUT2D eigenvalue weighted by molar-refractivity contribution is -0.159. The van der Waals surface area contributed by atoms with Crippen molar-refractivity contribution in [3.05, 3.63) is 59.7 Å². The lowest BCUT2D eigenvalue weighted by Gasteiger charge is -2.44. The molecule has 2 atom stereocenters. The van der Waals surface area contributed by atoms with Crippen LogP contribution in [0, 0.1) is 11.3 Å². The predicted molar refractivity (Wildman–Crippen MR) is 133 cm³/mol. The maximum atomic E-state index is 12.9. The zero-order valence-electron chi connectivity index (χ0n) is 20.6. The van der Waals surface area contributed by atoms with Crippen molar-refractivity contribution in [2.45, 2.75) is 52.0 Å². The number of aliphatic carboxylic acids is 1. The summed E-state index contributed by atoms with van der Waals surface area (Å²) < 4.78 is 5.56. The molecule has 0 saturated carbocycles. The number of nitrogens with zero attached hydrogens (tertiary/aromatic N) is 1. The van der Waals surface area contributed by atoms with Crippen LogP contribution in [0.2, 0.25) is 0 Å². The average molecular weight is 479 g/mol. The van der Waals surface area contributed by atoms with Gasteiger partial charge in [-0.1, -0.05) is 69.3 Å². The number of amides is 2. The summed E-state index contributed by atoms with van der Waals surface area (Å²) in [6.07, 6.45) is 1.21. The normalized spacial score (nSPS) is 19.4. The molecule has 186 valence electrons. The Labute approximate surface area is 206 Å². The minimum atomic E-state index is -0.965. The number of carboxylic acid groups (broad SMARTS) is 1. The van der Waals surface area contributed by atoms with Gasteiger partial charge in [-0.05, 0) is 46.4 Å². The molecule has 0 radical (unpaired) electrons. The molecule has 2 N–H and O–H groups in total. The SMILES string of the molecule is CC(CNC(=O)OCC1c2ccccc2-c2ccccc21)CC(=O)N1CCCC(C)(C)C1C(=O)O. The number of rotatable bonds is 7. The van der Waals surface area contributed by atoms with Crippen LogP contribution in [-0.2, 0) is 14.3 Å². The summed E-state index contributed by atoms with van der Waals surface area (Å²) in [6.45, 7) is 6.62. The van der Waals surface area contributed by atoms with Gasteiger partial charge in [-0.2, -0.15) is 0 Å². The van der Waals surface area contributed by atoms with Crippen LogP contribution in [0.3, 0.4) is 0 Å². The van der Waals surface area contributed by atoms with Crippen molar-refractivity contribution >= 4 is 18.0 Å². The Morgan fingerprint density at radius 1 is 1.09 bits per heavy atom. The largest absolute Gasteiger partial charge is 0.480 e. The fraction of sp³-hybridized carbons (Fsp3) is 0.464. The molecule has 7 heteroatoms. The zero-order valence-corrected chi connectivity index (χ0v) is 20.6. The van der Waals surface area contributed by atoms with Gasteiger partial charge >= 0.3 is 12.1 Å². The molecule has 1 heterocycles. The number of likely N-dealkylation sites (tertiary alicyclic amines) is 1. The van der Waals surface area contributed by atoms with Crippen molar-refractivity contribution in [3.8, 4) is 11.1 Å². The fourth-order valence-electron chi connectivity index (χ4n) is 5.52. The van der Waals surface area contributed by atoms with Gasteiger partial charge in [0.25, 0.3) is 0 Å². The first-order valence-corrected chi connectivity index (χ1v) is 12.3. The van der Waals surface area contributed by atoms with E-state index in [-0.39, 0.29) is 37.3 Å². The Hall–Kier alpha value is -3.35. The van der Waals surface area contributed by atoms with Crippen LogP contribution in [0.25, 0.3) is 11.1 Å². The van der Waals surface area contributed by atoms with Crippen LogP contribution in [0.1, 0.15) is 57.1 Å². The second-order valence-electron chi connectivity index (χ2n) is 10.4. The predicted octanol–water partition coefficient (Wildman–Crippen LogP) is 4.65. The summed E-state index contributed by atoms with van der Waals surface area (Å²) >= 11 is 0. The Balaban J connectivity index is 1.29. The van der Waals surface area contributed by atoms with E-state index in [1.54, 1.807) is 0 Å². The molecular weight excluding hydrogens is 444 g/mol. The van der Waals surface area contributed by atoms with E-state index in [9.17, 15) is 19.5 Å². The Bertz CT molecular complexity index is 1070. The summed E-state index contributed by atoms with van der Waals surface area (Å²) in [5.74, 6) is -1.32. The second-order valence-corrected chi connectivity index (χ2v) is 10.4. The molecule has 2 unspecified atom stereocenters. The highest BCUT2D eigenvalue weighted by molar-refractivity contribution is 5.85. The summed E-state index contributed by atoms with van der Waals surface area (Å²) in [4.78, 5) is 38.7. The van der Waals surface area contributed by atoms with Gasteiger partial charge in [-0.3, -0.25) is 4.79 Å². The quantitative estimate of drug-likeness (QED) is 0.604. The van der Waals surface area contributed by atoms with E-state index in [1.165, 1.54) is 16.0 Å². The van der Waals surface area contributed by atoms with Gasteiger partial charge in [-0.25, -0.2) is 9.59 Å². The molecule has 2 aromatic carbocycles. The number of carboxylic acids is 1. The van der Waals surface area contributed by atoms with Gasteiger partial charge in [0.1, 0.15) is 12.6 Å². The summed E-state index contributed by atoms with van der Waals surface area (Å²) in [7, 11) is 0. The highest BCUT2D eigenvalue weighted by Crippen LogP contribution is 2.44. The Kier molecular flexibility index (Phi) is 7.15. The molecule has 7 nitrogen and oxygen atoms in total. The molecule has 0 spiro atoms. The van der Waals surface area contributed by atoms with Crippen molar-refractivity contribution in [3.63, 3.8) is 0 Å². The number of nitrogens with one attached hydrogen (secondary N) is 1. The Morgan fingerprint density at radius 3 is 2.29 bits per heavy atom. The molecule has 4 rings (SSSR count). The number of hydrogen-bond donors (Lipinski definition) is 2. The number of fused-ring (bicyclic) bond motifs is 3. The van der Waals surface area contributed by atoms with E-state index >= 15 is 0 Å². The van der Waals surface area contributed by atoms with E-state index in [0.717, 1.165) is 24.0 Å². The van der Waals surface area contributed by atoms with Crippen molar-refractivity contribution in [1.82, 2.24) is 10.2 Å². The topological polar surface area (TPSA) is 95.9 Å². The molecule has 1 aliphatic carbocycles. The molecule has 0 aromatic heterocycles. The van der Waals surface area contributed by atoms with Crippen molar-refractivity contribution in [2.75, 3.05) is 19.7 Å². The minimum Gasteiger partial charge on any atom is -0.480 e. The standard InChI is InChI=1S/C28H34N2O5/c1-18(15-24(31)30-14-8-13-28(2,3)25(30)26(32)33)16-29-27(34)35-17-23-21-11-6-4-9-19(21)20-10-5-7-12-22(20)23/h4-7,9-12,18,23,25H,8,13-17H2,1-3H3,(H,29,34)(H,32,33). The number of ether oxygens (including phenoxy) is 1. The first-order valence-electron chi connectivity index (χ1n) is 12.3. The van der Waals surface area contributed by atoms with Gasteiger partial charge in [0, 0.05) is 25.4 Å². The molecule has 1 saturated heterocycles. The maximum absolute atomic E-state index is 12.9. The third-order valence-corrected chi connectivity index (χ3v) is 7.29. The van der Waals surface area contributed by atoms with Gasteiger partial charge in [0.15, 0.2) is 0 Å². The van der Waals surface area contributed by atoms with E-state index in [4.69, 9.17) is 4.74 Å². The number of piperidine rings is 1. The number of carbonyl (C=O) groups is 3. The summed E-state index contributed by atoms with van der Waals surface area (Å²) in [5, 5.41) is 12.5. The molecular formula is C28H34N2O5. The average Bonchev–Trinajstić information content (AvgIpc) is 3.14. The molecule has 1 fully saturated rings. The fourth-order valence-corrected chi connectivity index (χ4v) is 5.52. The first-order chi connectivity index (χ1) is 16.7. The number of carbonyl (C=O) groups excluding carboxylic acids is 2. The Morgan fingerprint density at radius 2 is 1.69 bits per heavy atom. The van der Waals surface area contributed by atoms with Crippen LogP contribution in [0.4, 0.5) is 4.79 Å². The highest BCUT2D eigenvalue weighted by atomic mass is 16.5. The molecule has 1 aliphatic heterocycles. The lowest BCUT2D eigenvalue weighted by atomic mass is 9.76. The number of hydrogen-bond acceptors (Lipinski definition) is 4. The minimum absolute atomic E-state index is 0.0115. The van der Waals surface area contributed by atoms with E-state index in [0.29, 0.717) is 6.54 Å². The van der Waals surface area contributed by atoms with Crippen LogP contribution >= 0.6 is 0 Å². The maximum Gasteiger partial charge on any atom is 0.407 e. The lowest BCUT2D eigenvalue weighted by Crippen LogP contribution is -2.56. The summed E-state index contributed by atoms with van der Waals surface area (Å²) in [6, 6.07) is 15.5.